The second kappa shape index (κ2) is 5.31. The van der Waals surface area contributed by atoms with Crippen LogP contribution in [0, 0.1) is 5.92 Å². The standard InChI is InChI=1S/C15H20N2O2/c1-11-8-12-4-2-3-5-13(12)17(10-11)15(18)14-9-16-6-7-19-14/h2-5,11,14,16H,6-10H2,1H3/t11-,14+/m1/s1. The molecule has 0 unspecified atom stereocenters. The van der Waals surface area contributed by atoms with Crippen molar-refractivity contribution in [1.82, 2.24) is 5.32 Å². The zero-order valence-corrected chi connectivity index (χ0v) is 11.3. The van der Waals surface area contributed by atoms with Crippen LogP contribution in [0.4, 0.5) is 5.69 Å². The van der Waals surface area contributed by atoms with E-state index in [0.29, 0.717) is 19.1 Å². The molecule has 1 N–H and O–H groups in total. The summed E-state index contributed by atoms with van der Waals surface area (Å²) >= 11 is 0. The highest BCUT2D eigenvalue weighted by Crippen LogP contribution is 2.30. The molecule has 1 aromatic rings. The van der Waals surface area contributed by atoms with Gasteiger partial charge in [-0.05, 0) is 24.0 Å². The zero-order valence-electron chi connectivity index (χ0n) is 11.3. The number of nitrogens with zero attached hydrogens (tertiary/aromatic N) is 1. The van der Waals surface area contributed by atoms with Crippen LogP contribution in [0.5, 0.6) is 0 Å². The van der Waals surface area contributed by atoms with Crippen LogP contribution in [0.2, 0.25) is 0 Å². The van der Waals surface area contributed by atoms with E-state index in [9.17, 15) is 4.79 Å². The minimum absolute atomic E-state index is 0.0891. The molecular weight excluding hydrogens is 240 g/mol. The van der Waals surface area contributed by atoms with E-state index in [1.165, 1.54) is 5.56 Å². The maximum absolute atomic E-state index is 12.6. The molecule has 0 spiro atoms. The molecular formula is C15H20N2O2. The van der Waals surface area contributed by atoms with Crippen LogP contribution in [-0.4, -0.2) is 38.3 Å². The second-order valence-electron chi connectivity index (χ2n) is 5.45. The van der Waals surface area contributed by atoms with Crippen LogP contribution in [0.25, 0.3) is 0 Å². The molecule has 1 aromatic carbocycles. The highest BCUT2D eigenvalue weighted by atomic mass is 16.5. The molecule has 4 nitrogen and oxygen atoms in total. The number of amides is 1. The van der Waals surface area contributed by atoms with Crippen molar-refractivity contribution in [3.63, 3.8) is 0 Å². The van der Waals surface area contributed by atoms with Crippen LogP contribution in [0.1, 0.15) is 12.5 Å². The Labute approximate surface area is 113 Å². The maximum atomic E-state index is 12.6. The number of hydrogen-bond donors (Lipinski definition) is 1. The third-order valence-electron chi connectivity index (χ3n) is 3.81. The van der Waals surface area contributed by atoms with Gasteiger partial charge in [-0.3, -0.25) is 4.79 Å². The molecule has 1 fully saturated rings. The number of para-hydroxylation sites is 1. The molecule has 1 saturated heterocycles. The molecule has 3 rings (SSSR count). The smallest absolute Gasteiger partial charge is 0.257 e. The van der Waals surface area contributed by atoms with Crippen molar-refractivity contribution < 1.29 is 9.53 Å². The van der Waals surface area contributed by atoms with Gasteiger partial charge in [-0.1, -0.05) is 25.1 Å². The summed E-state index contributed by atoms with van der Waals surface area (Å²) in [7, 11) is 0. The lowest BCUT2D eigenvalue weighted by Crippen LogP contribution is -2.51. The lowest BCUT2D eigenvalue weighted by atomic mass is 9.93. The van der Waals surface area contributed by atoms with Gasteiger partial charge in [0.15, 0.2) is 0 Å². The van der Waals surface area contributed by atoms with E-state index in [1.807, 2.05) is 23.1 Å². The first kappa shape index (κ1) is 12.6. The topological polar surface area (TPSA) is 41.6 Å². The highest BCUT2D eigenvalue weighted by Gasteiger charge is 2.32. The van der Waals surface area contributed by atoms with E-state index in [4.69, 9.17) is 4.74 Å². The van der Waals surface area contributed by atoms with Gasteiger partial charge in [-0.25, -0.2) is 0 Å². The highest BCUT2D eigenvalue weighted by molar-refractivity contribution is 5.97. The summed E-state index contributed by atoms with van der Waals surface area (Å²) < 4.78 is 5.59. The normalized spacial score (nSPS) is 26.9. The molecule has 0 aliphatic carbocycles. The van der Waals surface area contributed by atoms with Crippen molar-refractivity contribution in [1.29, 1.82) is 0 Å². The average Bonchev–Trinajstić information content (AvgIpc) is 2.46. The van der Waals surface area contributed by atoms with Gasteiger partial charge in [-0.2, -0.15) is 0 Å². The maximum Gasteiger partial charge on any atom is 0.257 e. The monoisotopic (exact) mass is 260 g/mol. The fraction of sp³-hybridized carbons (Fsp3) is 0.533. The Morgan fingerprint density at radius 3 is 3.05 bits per heavy atom. The number of morpholine rings is 1. The van der Waals surface area contributed by atoms with Crippen LogP contribution in [0.15, 0.2) is 24.3 Å². The van der Waals surface area contributed by atoms with Gasteiger partial charge in [0.05, 0.1) is 6.61 Å². The van der Waals surface area contributed by atoms with E-state index in [2.05, 4.69) is 18.3 Å². The summed E-state index contributed by atoms with van der Waals surface area (Å²) in [6, 6.07) is 8.19. The molecule has 0 aromatic heterocycles. The number of ether oxygens (including phenoxy) is 1. The van der Waals surface area contributed by atoms with Gasteiger partial charge in [0, 0.05) is 25.3 Å². The van der Waals surface area contributed by atoms with Gasteiger partial charge >= 0.3 is 0 Å². The summed E-state index contributed by atoms with van der Waals surface area (Å²) in [6.07, 6.45) is 0.705. The molecule has 4 heteroatoms. The number of anilines is 1. The van der Waals surface area contributed by atoms with Crippen LogP contribution in [-0.2, 0) is 16.0 Å². The predicted molar refractivity (Wildman–Crippen MR) is 74.3 cm³/mol. The molecule has 19 heavy (non-hydrogen) atoms. The summed E-state index contributed by atoms with van der Waals surface area (Å²) in [4.78, 5) is 14.5. The average molecular weight is 260 g/mol. The number of benzene rings is 1. The molecule has 102 valence electrons. The lowest BCUT2D eigenvalue weighted by Gasteiger charge is -2.36. The number of fused-ring (bicyclic) bond motifs is 1. The third kappa shape index (κ3) is 2.51. The minimum atomic E-state index is -0.341. The van der Waals surface area contributed by atoms with Crippen molar-refractivity contribution in [2.45, 2.75) is 19.4 Å². The Balaban J connectivity index is 1.85. The van der Waals surface area contributed by atoms with Gasteiger partial charge < -0.3 is 15.0 Å². The number of rotatable bonds is 1. The van der Waals surface area contributed by atoms with Crippen molar-refractivity contribution in [2.75, 3.05) is 31.1 Å². The van der Waals surface area contributed by atoms with Gasteiger partial charge in [0.2, 0.25) is 0 Å². The van der Waals surface area contributed by atoms with Crippen molar-refractivity contribution >= 4 is 11.6 Å². The van der Waals surface area contributed by atoms with E-state index in [0.717, 1.165) is 25.2 Å². The number of nitrogens with one attached hydrogen (secondary N) is 1. The Morgan fingerprint density at radius 1 is 1.42 bits per heavy atom. The van der Waals surface area contributed by atoms with E-state index >= 15 is 0 Å². The van der Waals surface area contributed by atoms with Crippen LogP contribution in [0.3, 0.4) is 0 Å². The molecule has 2 heterocycles. The SMILES string of the molecule is C[C@@H]1Cc2ccccc2N(C(=O)[C@@H]2CNCCO2)C1. The quantitative estimate of drug-likeness (QED) is 0.825. The molecule has 0 bridgehead atoms. The number of carbonyl (C=O) groups is 1. The molecule has 2 aliphatic rings. The first-order valence-corrected chi connectivity index (χ1v) is 6.97. The molecule has 1 amide bonds. The molecule has 0 radical (unpaired) electrons. The van der Waals surface area contributed by atoms with E-state index < -0.39 is 0 Å². The third-order valence-corrected chi connectivity index (χ3v) is 3.81. The summed E-state index contributed by atoms with van der Waals surface area (Å²) in [5, 5.41) is 3.22. The number of hydrogen-bond acceptors (Lipinski definition) is 3. The largest absolute Gasteiger partial charge is 0.366 e. The number of carbonyl (C=O) groups excluding carboxylic acids is 1. The van der Waals surface area contributed by atoms with Crippen molar-refractivity contribution in [3.8, 4) is 0 Å². The van der Waals surface area contributed by atoms with Crippen LogP contribution < -0.4 is 10.2 Å². The Kier molecular flexibility index (Phi) is 3.53. The van der Waals surface area contributed by atoms with Gasteiger partial charge in [0.25, 0.3) is 5.91 Å². The van der Waals surface area contributed by atoms with Gasteiger partial charge in [-0.15, -0.1) is 0 Å². The first-order valence-electron chi connectivity index (χ1n) is 6.97. The molecule has 0 saturated carbocycles. The summed E-state index contributed by atoms with van der Waals surface area (Å²) in [6.45, 7) is 5.04. The Hall–Kier alpha value is -1.39. The van der Waals surface area contributed by atoms with E-state index in [1.54, 1.807) is 0 Å². The first-order chi connectivity index (χ1) is 9.25. The molecule has 2 atom stereocenters. The van der Waals surface area contributed by atoms with Crippen molar-refractivity contribution in [3.05, 3.63) is 29.8 Å². The lowest BCUT2D eigenvalue weighted by molar-refractivity contribution is -0.131. The fourth-order valence-electron chi connectivity index (χ4n) is 2.90. The van der Waals surface area contributed by atoms with Crippen LogP contribution >= 0.6 is 0 Å². The second-order valence-corrected chi connectivity index (χ2v) is 5.45. The van der Waals surface area contributed by atoms with E-state index in [-0.39, 0.29) is 12.0 Å². The zero-order chi connectivity index (χ0) is 13.2. The predicted octanol–water partition coefficient (Wildman–Crippen LogP) is 1.20. The minimum Gasteiger partial charge on any atom is -0.366 e. The molecule has 2 aliphatic heterocycles. The van der Waals surface area contributed by atoms with Crippen molar-refractivity contribution in [2.24, 2.45) is 5.92 Å². The fourth-order valence-corrected chi connectivity index (χ4v) is 2.90. The van der Waals surface area contributed by atoms with Gasteiger partial charge in [0.1, 0.15) is 6.10 Å². The summed E-state index contributed by atoms with van der Waals surface area (Å²) in [5.74, 6) is 0.585. The Morgan fingerprint density at radius 2 is 2.26 bits per heavy atom. The Bertz CT molecular complexity index is 469. The summed E-state index contributed by atoms with van der Waals surface area (Å²) in [5.41, 5.74) is 2.32.